The maximum atomic E-state index is 5.79. The molecule has 0 aliphatic carbocycles. The molecule has 1 aromatic heterocycles. The highest BCUT2D eigenvalue weighted by atomic mass is 15.3. The molecule has 2 radical (unpaired) electrons. The zero-order valence-electron chi connectivity index (χ0n) is 7.86. The Bertz CT molecular complexity index is 431. The minimum absolute atomic E-state index is 0.381. The largest absolute Gasteiger partial charge is 0.269 e. The second-order valence-electron chi connectivity index (χ2n) is 3.49. The summed E-state index contributed by atoms with van der Waals surface area (Å²) in [5, 5.41) is 5.51. The van der Waals surface area contributed by atoms with Gasteiger partial charge in [0.25, 0.3) is 0 Å². The fraction of sp³-hybridized carbons (Fsp3) is 0.300. The van der Waals surface area contributed by atoms with Gasteiger partial charge in [-0.2, -0.15) is 5.10 Å². The van der Waals surface area contributed by atoms with E-state index in [9.17, 15) is 0 Å². The highest BCUT2D eigenvalue weighted by Crippen LogP contribution is 2.12. The number of fused-ring (bicyclic) bond motifs is 1. The van der Waals surface area contributed by atoms with E-state index < -0.39 is 0 Å². The van der Waals surface area contributed by atoms with Crippen molar-refractivity contribution in [1.29, 1.82) is 0 Å². The van der Waals surface area contributed by atoms with Crippen molar-refractivity contribution in [3.05, 3.63) is 24.4 Å². The van der Waals surface area contributed by atoms with Gasteiger partial charge in [-0.25, -0.2) is 0 Å². The molecule has 13 heavy (non-hydrogen) atoms. The number of hydrogen-bond acceptors (Lipinski definition) is 1. The average molecular weight is 170 g/mol. The van der Waals surface area contributed by atoms with E-state index in [0.29, 0.717) is 6.04 Å². The Labute approximate surface area is 79.0 Å². The molecule has 0 unspecified atom stereocenters. The number of benzene rings is 1. The van der Waals surface area contributed by atoms with Gasteiger partial charge in [-0.15, -0.1) is 0 Å². The van der Waals surface area contributed by atoms with Gasteiger partial charge in [0.2, 0.25) is 0 Å². The molecule has 0 bridgehead atoms. The van der Waals surface area contributed by atoms with Crippen LogP contribution in [-0.2, 0) is 0 Å². The van der Waals surface area contributed by atoms with E-state index in [-0.39, 0.29) is 0 Å². The van der Waals surface area contributed by atoms with Crippen molar-refractivity contribution in [2.24, 2.45) is 0 Å². The van der Waals surface area contributed by atoms with E-state index in [1.807, 2.05) is 29.1 Å². The number of aromatic nitrogens is 2. The Hall–Kier alpha value is -1.25. The van der Waals surface area contributed by atoms with E-state index in [4.69, 9.17) is 7.85 Å². The zero-order chi connectivity index (χ0) is 9.42. The second-order valence-corrected chi connectivity index (χ2v) is 3.49. The molecular formula is C10H11BN2. The first kappa shape index (κ1) is 8.36. The Morgan fingerprint density at radius 1 is 1.38 bits per heavy atom. The maximum absolute atomic E-state index is 5.79. The average Bonchev–Trinajstić information content (AvgIpc) is 2.49. The van der Waals surface area contributed by atoms with Gasteiger partial charge in [0.1, 0.15) is 7.85 Å². The summed E-state index contributed by atoms with van der Waals surface area (Å²) in [5.41, 5.74) is 1.65. The molecule has 0 atom stereocenters. The highest BCUT2D eigenvalue weighted by molar-refractivity contribution is 6.38. The molecule has 1 heterocycles. The van der Waals surface area contributed by atoms with Crippen LogP contribution in [0.1, 0.15) is 19.9 Å². The number of nitrogens with zero attached hydrogens (tertiary/aromatic N) is 2. The Kier molecular flexibility index (Phi) is 1.87. The standard InChI is InChI=1S/C10H11BN2/c1-7(2)13-6-8-4-3-5-9(11)10(8)12-13/h3-7H,1-2H3. The van der Waals surface area contributed by atoms with Crippen molar-refractivity contribution in [2.75, 3.05) is 0 Å². The van der Waals surface area contributed by atoms with E-state index in [2.05, 4.69) is 18.9 Å². The lowest BCUT2D eigenvalue weighted by molar-refractivity contribution is 0.538. The molecule has 1 aromatic carbocycles. The molecule has 0 amide bonds. The first-order chi connectivity index (χ1) is 6.18. The fourth-order valence-corrected chi connectivity index (χ4v) is 1.35. The maximum Gasteiger partial charge on any atom is 0.116 e. The molecule has 2 rings (SSSR count). The zero-order valence-corrected chi connectivity index (χ0v) is 7.86. The number of hydrogen-bond donors (Lipinski definition) is 0. The van der Waals surface area contributed by atoms with Crippen LogP contribution in [-0.4, -0.2) is 17.6 Å². The monoisotopic (exact) mass is 170 g/mol. The predicted molar refractivity (Wildman–Crippen MR) is 55.5 cm³/mol. The van der Waals surface area contributed by atoms with Crippen LogP contribution in [0.25, 0.3) is 10.9 Å². The van der Waals surface area contributed by atoms with Crippen LogP contribution >= 0.6 is 0 Å². The Morgan fingerprint density at radius 3 is 2.77 bits per heavy atom. The highest BCUT2D eigenvalue weighted by Gasteiger charge is 2.03. The topological polar surface area (TPSA) is 17.8 Å². The molecule has 0 saturated heterocycles. The summed E-state index contributed by atoms with van der Waals surface area (Å²) in [6.45, 7) is 4.20. The van der Waals surface area contributed by atoms with Crippen molar-refractivity contribution in [1.82, 2.24) is 9.78 Å². The summed E-state index contributed by atoms with van der Waals surface area (Å²) in [4.78, 5) is 0. The first-order valence-electron chi connectivity index (χ1n) is 4.42. The van der Waals surface area contributed by atoms with Crippen molar-refractivity contribution >= 4 is 24.2 Å². The van der Waals surface area contributed by atoms with Gasteiger partial charge in [0, 0.05) is 17.6 Å². The lowest BCUT2D eigenvalue weighted by Crippen LogP contribution is -2.05. The van der Waals surface area contributed by atoms with Crippen LogP contribution in [0, 0.1) is 0 Å². The summed E-state index contributed by atoms with van der Waals surface area (Å²) in [6.07, 6.45) is 2.02. The summed E-state index contributed by atoms with van der Waals surface area (Å²) in [6, 6.07) is 6.23. The molecular weight excluding hydrogens is 159 g/mol. The molecule has 0 aliphatic heterocycles. The minimum atomic E-state index is 0.381. The SMILES string of the molecule is [B]c1cccc2cn(C(C)C)nc12. The van der Waals surface area contributed by atoms with Crippen LogP contribution in [0.15, 0.2) is 24.4 Å². The molecule has 0 fully saturated rings. The molecule has 0 N–H and O–H groups in total. The van der Waals surface area contributed by atoms with Crippen molar-refractivity contribution in [2.45, 2.75) is 19.9 Å². The third-order valence-corrected chi connectivity index (χ3v) is 2.11. The normalized spacial score (nSPS) is 11.3. The molecule has 0 saturated carbocycles. The predicted octanol–water partition coefficient (Wildman–Crippen LogP) is 1.41. The molecule has 3 heteroatoms. The molecule has 64 valence electrons. The second kappa shape index (κ2) is 2.91. The molecule has 0 aliphatic rings. The summed E-state index contributed by atoms with van der Waals surface area (Å²) in [7, 11) is 5.79. The van der Waals surface area contributed by atoms with Gasteiger partial charge in [0.05, 0.1) is 5.52 Å². The lowest BCUT2D eigenvalue weighted by atomic mass is 9.94. The fourth-order valence-electron chi connectivity index (χ4n) is 1.35. The van der Waals surface area contributed by atoms with E-state index in [0.717, 1.165) is 16.4 Å². The van der Waals surface area contributed by atoms with Gasteiger partial charge in [-0.1, -0.05) is 23.7 Å². The van der Waals surface area contributed by atoms with Crippen molar-refractivity contribution in [3.8, 4) is 0 Å². The third-order valence-electron chi connectivity index (χ3n) is 2.11. The summed E-state index contributed by atoms with van der Waals surface area (Å²) < 4.78 is 1.93. The number of rotatable bonds is 1. The third kappa shape index (κ3) is 1.35. The van der Waals surface area contributed by atoms with Gasteiger partial charge in [0.15, 0.2) is 0 Å². The molecule has 0 spiro atoms. The summed E-state index contributed by atoms with van der Waals surface area (Å²) in [5.74, 6) is 0. The smallest absolute Gasteiger partial charge is 0.116 e. The van der Waals surface area contributed by atoms with Crippen LogP contribution in [0.5, 0.6) is 0 Å². The van der Waals surface area contributed by atoms with Gasteiger partial charge in [-0.05, 0) is 13.8 Å². The van der Waals surface area contributed by atoms with Crippen LogP contribution in [0.3, 0.4) is 0 Å². The summed E-state index contributed by atoms with van der Waals surface area (Å²) >= 11 is 0. The lowest BCUT2D eigenvalue weighted by Gasteiger charge is -2.02. The van der Waals surface area contributed by atoms with Crippen molar-refractivity contribution in [3.63, 3.8) is 0 Å². The molecule has 2 aromatic rings. The quantitative estimate of drug-likeness (QED) is 0.591. The van der Waals surface area contributed by atoms with Crippen LogP contribution in [0.4, 0.5) is 0 Å². The van der Waals surface area contributed by atoms with Gasteiger partial charge < -0.3 is 0 Å². The minimum Gasteiger partial charge on any atom is -0.269 e. The Morgan fingerprint density at radius 2 is 2.15 bits per heavy atom. The van der Waals surface area contributed by atoms with Gasteiger partial charge in [-0.3, -0.25) is 4.68 Å². The van der Waals surface area contributed by atoms with E-state index in [1.165, 1.54) is 0 Å². The van der Waals surface area contributed by atoms with Crippen LogP contribution in [0.2, 0.25) is 0 Å². The first-order valence-corrected chi connectivity index (χ1v) is 4.42. The van der Waals surface area contributed by atoms with Gasteiger partial charge >= 0.3 is 0 Å². The van der Waals surface area contributed by atoms with Crippen LogP contribution < -0.4 is 5.46 Å². The molecule has 2 nitrogen and oxygen atoms in total. The Balaban J connectivity index is 2.68. The van der Waals surface area contributed by atoms with Crippen molar-refractivity contribution < 1.29 is 0 Å². The van der Waals surface area contributed by atoms with E-state index in [1.54, 1.807) is 0 Å². The van der Waals surface area contributed by atoms with E-state index >= 15 is 0 Å².